The molecule has 2 aromatic heterocycles. The molecule has 2 aliphatic rings. The maximum Gasteiger partial charge on any atom is 0.341 e. The summed E-state index contributed by atoms with van der Waals surface area (Å²) in [6.45, 7) is 2.67. The number of aryl methyl sites for hydroxylation is 2. The van der Waals surface area contributed by atoms with Gasteiger partial charge in [-0.25, -0.2) is 9.59 Å². The molecule has 8 heteroatoms. The summed E-state index contributed by atoms with van der Waals surface area (Å²) in [5, 5.41) is 7.64. The van der Waals surface area contributed by atoms with E-state index in [1.165, 1.54) is 23.3 Å². The lowest BCUT2D eigenvalue weighted by atomic mass is 9.95. The van der Waals surface area contributed by atoms with Crippen LogP contribution in [0.15, 0.2) is 10.6 Å². The van der Waals surface area contributed by atoms with Crippen LogP contribution in [0.3, 0.4) is 0 Å². The molecule has 7 nitrogen and oxygen atoms in total. The zero-order valence-corrected chi connectivity index (χ0v) is 17.1. The van der Waals surface area contributed by atoms with Crippen molar-refractivity contribution < 1.29 is 18.8 Å². The number of esters is 1. The van der Waals surface area contributed by atoms with Gasteiger partial charge in [-0.15, -0.1) is 11.3 Å². The van der Waals surface area contributed by atoms with Gasteiger partial charge in [0.1, 0.15) is 5.00 Å². The van der Waals surface area contributed by atoms with E-state index in [0.29, 0.717) is 17.1 Å². The van der Waals surface area contributed by atoms with Crippen LogP contribution in [-0.4, -0.2) is 35.7 Å². The van der Waals surface area contributed by atoms with Gasteiger partial charge in [0.2, 0.25) is 0 Å². The number of anilines is 1. The normalized spacial score (nSPS) is 18.8. The van der Waals surface area contributed by atoms with Crippen molar-refractivity contribution in [1.29, 1.82) is 0 Å². The summed E-state index contributed by atoms with van der Waals surface area (Å²) in [4.78, 5) is 28.4. The van der Waals surface area contributed by atoms with Gasteiger partial charge in [-0.1, -0.05) is 12.1 Å². The fraction of sp³-hybridized carbons (Fsp3) is 0.550. The Morgan fingerprint density at radius 1 is 1.36 bits per heavy atom. The zero-order chi connectivity index (χ0) is 19.7. The standard InChI is InChI=1S/C20H25N3O4S/c1-3-12-11-15(27-22-12)14-8-6-10-23(14)20(25)21-18-17(19(24)26-2)13-7-4-5-9-16(13)28-18/h11,14H,3-10H2,1-2H3,(H,21,25). The SMILES string of the molecule is CCc1cc(C2CCCN2C(=O)Nc2sc3c(c2C(=O)OC)CCCC3)on1. The molecule has 1 fully saturated rings. The molecular weight excluding hydrogens is 378 g/mol. The molecule has 0 aromatic carbocycles. The molecule has 28 heavy (non-hydrogen) atoms. The molecule has 1 unspecified atom stereocenters. The number of hydrogen-bond donors (Lipinski definition) is 1. The van der Waals surface area contributed by atoms with Crippen molar-refractivity contribution in [2.24, 2.45) is 0 Å². The number of amides is 2. The predicted octanol–water partition coefficient (Wildman–Crippen LogP) is 4.33. The largest absolute Gasteiger partial charge is 0.465 e. The number of methoxy groups -OCH3 is 1. The fourth-order valence-corrected chi connectivity index (χ4v) is 5.37. The summed E-state index contributed by atoms with van der Waals surface area (Å²) >= 11 is 1.50. The summed E-state index contributed by atoms with van der Waals surface area (Å²) in [5.41, 5.74) is 2.46. The Hall–Kier alpha value is -2.35. The van der Waals surface area contributed by atoms with Gasteiger partial charge in [0, 0.05) is 17.5 Å². The quantitative estimate of drug-likeness (QED) is 0.768. The molecule has 2 aromatic rings. The minimum absolute atomic E-state index is 0.121. The third-order valence-electron chi connectivity index (χ3n) is 5.56. The zero-order valence-electron chi connectivity index (χ0n) is 16.2. The summed E-state index contributed by atoms with van der Waals surface area (Å²) in [7, 11) is 1.38. The second-order valence-electron chi connectivity index (χ2n) is 7.26. The van der Waals surface area contributed by atoms with Crippen LogP contribution < -0.4 is 5.32 Å². The van der Waals surface area contributed by atoms with Crippen molar-refractivity contribution in [2.45, 2.75) is 57.9 Å². The highest BCUT2D eigenvalue weighted by molar-refractivity contribution is 7.17. The van der Waals surface area contributed by atoms with Crippen molar-refractivity contribution in [3.63, 3.8) is 0 Å². The van der Waals surface area contributed by atoms with Gasteiger partial charge in [0.05, 0.1) is 24.4 Å². The first-order valence-electron chi connectivity index (χ1n) is 9.88. The van der Waals surface area contributed by atoms with Crippen molar-refractivity contribution in [3.05, 3.63) is 33.5 Å². The van der Waals surface area contributed by atoms with Gasteiger partial charge >= 0.3 is 12.0 Å². The summed E-state index contributed by atoms with van der Waals surface area (Å²) in [6.07, 6.45) is 6.52. The molecule has 4 rings (SSSR count). The molecule has 0 saturated carbocycles. The van der Waals surface area contributed by atoms with E-state index in [0.717, 1.165) is 62.0 Å². The van der Waals surface area contributed by atoms with E-state index in [9.17, 15) is 9.59 Å². The minimum Gasteiger partial charge on any atom is -0.465 e. The number of likely N-dealkylation sites (tertiary alicyclic amines) is 1. The van der Waals surface area contributed by atoms with Crippen LogP contribution in [0.5, 0.6) is 0 Å². The number of carbonyl (C=O) groups excluding carboxylic acids is 2. The lowest BCUT2D eigenvalue weighted by Crippen LogP contribution is -2.34. The minimum atomic E-state index is -0.379. The monoisotopic (exact) mass is 403 g/mol. The van der Waals surface area contributed by atoms with Gasteiger partial charge < -0.3 is 14.2 Å². The van der Waals surface area contributed by atoms with Crippen LogP contribution in [0.25, 0.3) is 0 Å². The van der Waals surface area contributed by atoms with Crippen molar-refractivity contribution >= 4 is 28.3 Å². The number of thiophene rings is 1. The number of nitrogens with zero attached hydrogens (tertiary/aromatic N) is 2. The van der Waals surface area contributed by atoms with Gasteiger partial charge in [-0.2, -0.15) is 0 Å². The topological polar surface area (TPSA) is 84.7 Å². The molecule has 1 atom stereocenters. The number of rotatable bonds is 4. The number of aromatic nitrogens is 1. The van der Waals surface area contributed by atoms with E-state index in [-0.39, 0.29) is 18.0 Å². The molecule has 150 valence electrons. The van der Waals surface area contributed by atoms with E-state index >= 15 is 0 Å². The van der Waals surface area contributed by atoms with Gasteiger partial charge in [-0.3, -0.25) is 5.32 Å². The number of ether oxygens (including phenoxy) is 1. The molecule has 0 spiro atoms. The highest BCUT2D eigenvalue weighted by Crippen LogP contribution is 2.39. The molecule has 3 heterocycles. The molecule has 2 amide bonds. The van der Waals surface area contributed by atoms with E-state index in [1.54, 1.807) is 4.90 Å². The smallest absolute Gasteiger partial charge is 0.341 e. The first-order valence-corrected chi connectivity index (χ1v) is 10.7. The molecule has 1 aliphatic carbocycles. The summed E-state index contributed by atoms with van der Waals surface area (Å²) in [5.74, 6) is 0.346. The molecule has 1 N–H and O–H groups in total. The first-order chi connectivity index (χ1) is 13.6. The van der Waals surface area contributed by atoms with Gasteiger partial charge in [0.15, 0.2) is 5.76 Å². The molecule has 1 saturated heterocycles. The third-order valence-corrected chi connectivity index (χ3v) is 6.77. The Balaban J connectivity index is 1.57. The maximum atomic E-state index is 13.1. The Morgan fingerprint density at radius 2 is 2.18 bits per heavy atom. The van der Waals surface area contributed by atoms with Crippen LogP contribution in [0.1, 0.15) is 70.9 Å². The average Bonchev–Trinajstić information content (AvgIpc) is 3.43. The van der Waals surface area contributed by atoms with Crippen molar-refractivity contribution in [2.75, 3.05) is 19.0 Å². The Labute approximate surface area is 168 Å². The van der Waals surface area contributed by atoms with E-state index < -0.39 is 0 Å². The van der Waals surface area contributed by atoms with Crippen LogP contribution in [0.2, 0.25) is 0 Å². The summed E-state index contributed by atoms with van der Waals surface area (Å²) in [6, 6.07) is 1.60. The van der Waals surface area contributed by atoms with Crippen LogP contribution in [0.4, 0.5) is 9.80 Å². The van der Waals surface area contributed by atoms with E-state index in [1.807, 2.05) is 13.0 Å². The van der Waals surface area contributed by atoms with Gasteiger partial charge in [0.25, 0.3) is 0 Å². The molecule has 1 aliphatic heterocycles. The molecule has 0 radical (unpaired) electrons. The number of carbonyl (C=O) groups is 2. The maximum absolute atomic E-state index is 13.1. The van der Waals surface area contributed by atoms with Crippen LogP contribution >= 0.6 is 11.3 Å². The number of urea groups is 1. The second-order valence-corrected chi connectivity index (χ2v) is 8.37. The third kappa shape index (κ3) is 3.41. The van der Waals surface area contributed by atoms with Gasteiger partial charge in [-0.05, 0) is 50.5 Å². The number of nitrogens with one attached hydrogen (secondary N) is 1. The number of hydrogen-bond acceptors (Lipinski definition) is 6. The predicted molar refractivity (Wildman–Crippen MR) is 106 cm³/mol. The molecular formula is C20H25N3O4S. The average molecular weight is 404 g/mol. The number of fused-ring (bicyclic) bond motifs is 1. The Morgan fingerprint density at radius 3 is 2.93 bits per heavy atom. The van der Waals surface area contributed by atoms with Crippen molar-refractivity contribution in [3.8, 4) is 0 Å². The van der Waals surface area contributed by atoms with E-state index in [2.05, 4.69) is 10.5 Å². The highest BCUT2D eigenvalue weighted by atomic mass is 32.1. The Bertz CT molecular complexity index is 888. The summed E-state index contributed by atoms with van der Waals surface area (Å²) < 4.78 is 10.5. The first kappa shape index (κ1) is 19.0. The van der Waals surface area contributed by atoms with E-state index in [4.69, 9.17) is 9.26 Å². The second kappa shape index (κ2) is 7.95. The Kier molecular flexibility index (Phi) is 5.39. The van der Waals surface area contributed by atoms with Crippen molar-refractivity contribution in [1.82, 2.24) is 10.1 Å². The lowest BCUT2D eigenvalue weighted by molar-refractivity contribution is 0.0601. The van der Waals surface area contributed by atoms with Crippen LogP contribution in [0, 0.1) is 0 Å². The fourth-order valence-electron chi connectivity index (χ4n) is 4.10. The lowest BCUT2D eigenvalue weighted by Gasteiger charge is -2.23. The van der Waals surface area contributed by atoms with Crippen LogP contribution in [-0.2, 0) is 24.0 Å². The molecule has 0 bridgehead atoms. The highest BCUT2D eigenvalue weighted by Gasteiger charge is 2.34.